The lowest BCUT2D eigenvalue weighted by atomic mass is 10.5. The van der Waals surface area contributed by atoms with E-state index in [4.69, 9.17) is 0 Å². The normalized spacial score (nSPS) is 10.2. The number of thiophene rings is 1. The molecule has 0 unspecified atom stereocenters. The minimum atomic E-state index is -0.514. The van der Waals surface area contributed by atoms with Gasteiger partial charge in [0.2, 0.25) is 0 Å². The average Bonchev–Trinajstić information content (AvgIpc) is 2.88. The Morgan fingerprint density at radius 2 is 2.53 bits per heavy atom. The summed E-state index contributed by atoms with van der Waals surface area (Å²) in [6, 6.07) is 3.97. The summed E-state index contributed by atoms with van der Waals surface area (Å²) in [6.45, 7) is 0.627. The number of hydrogen-bond donors (Lipinski definition) is 0. The summed E-state index contributed by atoms with van der Waals surface area (Å²) >= 11 is 1.64. The molecule has 0 fully saturated rings. The quantitative estimate of drug-likeness (QED) is 0.733. The van der Waals surface area contributed by atoms with Crippen LogP contribution in [0.4, 0.5) is 0 Å². The molecule has 2 rings (SSSR count). The van der Waals surface area contributed by atoms with Gasteiger partial charge in [-0.1, -0.05) is 6.07 Å². The molecule has 2 aromatic heterocycles. The van der Waals surface area contributed by atoms with Crippen molar-refractivity contribution in [2.45, 2.75) is 6.54 Å². The fourth-order valence-electron chi connectivity index (χ4n) is 1.12. The van der Waals surface area contributed by atoms with E-state index in [1.807, 2.05) is 17.5 Å². The predicted molar refractivity (Wildman–Crippen MR) is 54.8 cm³/mol. The monoisotopic (exact) mass is 223 g/mol. The van der Waals surface area contributed by atoms with Crippen LogP contribution in [0.15, 0.2) is 23.8 Å². The van der Waals surface area contributed by atoms with Crippen LogP contribution >= 0.6 is 11.3 Å². The van der Waals surface area contributed by atoms with E-state index >= 15 is 0 Å². The number of aromatic nitrogens is 3. The molecule has 5 nitrogen and oxygen atoms in total. The van der Waals surface area contributed by atoms with Crippen molar-refractivity contribution in [1.29, 1.82) is 0 Å². The zero-order chi connectivity index (χ0) is 10.7. The maximum absolute atomic E-state index is 11.1. The molecule has 0 aliphatic rings. The smallest absolute Gasteiger partial charge is 0.377 e. The van der Waals surface area contributed by atoms with Gasteiger partial charge in [0.25, 0.3) is 5.82 Å². The third-order valence-corrected chi connectivity index (χ3v) is 2.66. The Hall–Kier alpha value is -1.69. The van der Waals surface area contributed by atoms with Crippen LogP contribution in [-0.4, -0.2) is 27.8 Å². The molecule has 0 saturated heterocycles. The molecule has 6 heteroatoms. The molecule has 0 aliphatic carbocycles. The first-order valence-corrected chi connectivity index (χ1v) is 5.17. The molecule has 0 radical (unpaired) electrons. The van der Waals surface area contributed by atoms with Crippen LogP contribution in [0.2, 0.25) is 0 Å². The Labute approximate surface area is 90.3 Å². The van der Waals surface area contributed by atoms with Crippen LogP contribution in [0, 0.1) is 0 Å². The molecule has 0 amide bonds. The summed E-state index contributed by atoms with van der Waals surface area (Å²) in [5, 5.41) is 5.99. The van der Waals surface area contributed by atoms with Crippen molar-refractivity contribution in [2.24, 2.45) is 0 Å². The number of nitrogens with zero attached hydrogens (tertiary/aromatic N) is 3. The van der Waals surface area contributed by atoms with Crippen molar-refractivity contribution >= 4 is 17.3 Å². The summed E-state index contributed by atoms with van der Waals surface area (Å²) in [7, 11) is 1.31. The third kappa shape index (κ3) is 2.21. The average molecular weight is 223 g/mol. The van der Waals surface area contributed by atoms with E-state index in [9.17, 15) is 4.79 Å². The fourth-order valence-corrected chi connectivity index (χ4v) is 1.81. The number of esters is 1. The van der Waals surface area contributed by atoms with Crippen LogP contribution in [0.5, 0.6) is 0 Å². The molecule has 0 aromatic carbocycles. The fraction of sp³-hybridized carbons (Fsp3) is 0.222. The summed E-state index contributed by atoms with van der Waals surface area (Å²) in [4.78, 5) is 16.1. The molecule has 2 aromatic rings. The molecule has 0 N–H and O–H groups in total. The Morgan fingerprint density at radius 3 is 3.20 bits per heavy atom. The van der Waals surface area contributed by atoms with E-state index in [1.54, 1.807) is 16.0 Å². The van der Waals surface area contributed by atoms with Gasteiger partial charge in [-0.05, 0) is 11.4 Å². The molecule has 2 heterocycles. The highest BCUT2D eigenvalue weighted by molar-refractivity contribution is 7.09. The standard InChI is InChI=1S/C9H9N3O2S/c1-14-9(13)8-10-6-12(11-8)5-7-3-2-4-15-7/h2-4,6H,5H2,1H3. The van der Waals surface area contributed by atoms with E-state index < -0.39 is 5.97 Å². The number of carbonyl (C=O) groups excluding carboxylic acids is 1. The number of ether oxygens (including phenoxy) is 1. The number of rotatable bonds is 3. The molecule has 0 saturated carbocycles. The SMILES string of the molecule is COC(=O)c1ncn(Cc2cccs2)n1. The van der Waals surface area contributed by atoms with Gasteiger partial charge in [0, 0.05) is 4.88 Å². The third-order valence-electron chi connectivity index (χ3n) is 1.80. The second kappa shape index (κ2) is 4.22. The number of hydrogen-bond acceptors (Lipinski definition) is 5. The largest absolute Gasteiger partial charge is 0.463 e. The zero-order valence-electron chi connectivity index (χ0n) is 8.08. The van der Waals surface area contributed by atoms with E-state index in [-0.39, 0.29) is 5.82 Å². The maximum Gasteiger partial charge on any atom is 0.377 e. The van der Waals surface area contributed by atoms with Crippen LogP contribution in [-0.2, 0) is 11.3 Å². The maximum atomic E-state index is 11.1. The zero-order valence-corrected chi connectivity index (χ0v) is 8.90. The summed E-state index contributed by atoms with van der Waals surface area (Å²) < 4.78 is 6.12. The van der Waals surface area contributed by atoms with Crippen molar-refractivity contribution in [3.8, 4) is 0 Å². The number of carbonyl (C=O) groups is 1. The van der Waals surface area contributed by atoms with Gasteiger partial charge in [0.15, 0.2) is 0 Å². The van der Waals surface area contributed by atoms with Gasteiger partial charge in [-0.2, -0.15) is 0 Å². The van der Waals surface area contributed by atoms with E-state index in [0.29, 0.717) is 6.54 Å². The molecular weight excluding hydrogens is 214 g/mol. The van der Waals surface area contributed by atoms with Crippen LogP contribution in [0.3, 0.4) is 0 Å². The highest BCUT2D eigenvalue weighted by Crippen LogP contribution is 2.09. The highest BCUT2D eigenvalue weighted by Gasteiger charge is 2.11. The van der Waals surface area contributed by atoms with E-state index in [0.717, 1.165) is 4.88 Å². The first-order valence-electron chi connectivity index (χ1n) is 4.30. The minimum Gasteiger partial charge on any atom is -0.463 e. The van der Waals surface area contributed by atoms with E-state index in [2.05, 4.69) is 14.8 Å². The van der Waals surface area contributed by atoms with Crippen LogP contribution < -0.4 is 0 Å². The van der Waals surface area contributed by atoms with E-state index in [1.165, 1.54) is 13.4 Å². The van der Waals surface area contributed by atoms with Crippen molar-refractivity contribution in [3.05, 3.63) is 34.5 Å². The topological polar surface area (TPSA) is 57.0 Å². The minimum absolute atomic E-state index is 0.0917. The van der Waals surface area contributed by atoms with Crippen LogP contribution in [0.25, 0.3) is 0 Å². The van der Waals surface area contributed by atoms with Gasteiger partial charge in [-0.25, -0.2) is 14.5 Å². The molecule has 78 valence electrons. The van der Waals surface area contributed by atoms with Crippen molar-refractivity contribution < 1.29 is 9.53 Å². The second-order valence-corrected chi connectivity index (χ2v) is 3.87. The molecule has 0 spiro atoms. The predicted octanol–water partition coefficient (Wildman–Crippen LogP) is 1.17. The molecule has 0 atom stereocenters. The van der Waals surface area contributed by atoms with Crippen molar-refractivity contribution in [2.75, 3.05) is 7.11 Å². The van der Waals surface area contributed by atoms with Crippen molar-refractivity contribution in [3.63, 3.8) is 0 Å². The van der Waals surface area contributed by atoms with Gasteiger partial charge in [0.05, 0.1) is 13.7 Å². The molecule has 15 heavy (non-hydrogen) atoms. The van der Waals surface area contributed by atoms with Gasteiger partial charge >= 0.3 is 5.97 Å². The lowest BCUT2D eigenvalue weighted by Crippen LogP contribution is -2.06. The summed E-state index contributed by atoms with van der Waals surface area (Å²) in [6.07, 6.45) is 1.52. The first-order chi connectivity index (χ1) is 7.29. The molecule has 0 bridgehead atoms. The van der Waals surface area contributed by atoms with Gasteiger partial charge in [-0.15, -0.1) is 16.4 Å². The van der Waals surface area contributed by atoms with Gasteiger partial charge < -0.3 is 4.74 Å². The lowest BCUT2D eigenvalue weighted by molar-refractivity contribution is 0.0586. The highest BCUT2D eigenvalue weighted by atomic mass is 32.1. The Bertz CT molecular complexity index is 450. The summed E-state index contributed by atoms with van der Waals surface area (Å²) in [5.41, 5.74) is 0. The summed E-state index contributed by atoms with van der Waals surface area (Å²) in [5.74, 6) is -0.422. The van der Waals surface area contributed by atoms with Gasteiger partial charge in [-0.3, -0.25) is 0 Å². The molecule has 0 aliphatic heterocycles. The Morgan fingerprint density at radius 1 is 1.67 bits per heavy atom. The number of methoxy groups -OCH3 is 1. The Kier molecular flexibility index (Phi) is 2.77. The Balaban J connectivity index is 2.11. The van der Waals surface area contributed by atoms with Gasteiger partial charge in [0.1, 0.15) is 6.33 Å². The first kappa shape index (κ1) is 9.85. The molecular formula is C9H9N3O2S. The van der Waals surface area contributed by atoms with Crippen molar-refractivity contribution in [1.82, 2.24) is 14.8 Å². The second-order valence-electron chi connectivity index (χ2n) is 2.84. The lowest BCUT2D eigenvalue weighted by Gasteiger charge is -1.95. The van der Waals surface area contributed by atoms with Crippen LogP contribution in [0.1, 0.15) is 15.5 Å².